The Kier molecular flexibility index (Phi) is 1.96. The van der Waals surface area contributed by atoms with Crippen LogP contribution in [0.4, 0.5) is 0 Å². The third-order valence-electron chi connectivity index (χ3n) is 1.24. The van der Waals surface area contributed by atoms with Gasteiger partial charge in [-0.25, -0.2) is 9.97 Å². The first-order valence-electron chi connectivity index (χ1n) is 3.00. The van der Waals surface area contributed by atoms with Crippen molar-refractivity contribution in [2.45, 2.75) is 12.8 Å². The van der Waals surface area contributed by atoms with Crippen molar-refractivity contribution in [2.75, 3.05) is 0 Å². The number of rotatable bonds is 1. The second kappa shape index (κ2) is 2.92. The van der Waals surface area contributed by atoms with Crippen molar-refractivity contribution in [1.29, 1.82) is 5.26 Å². The smallest absolute Gasteiger partial charge is 0.115 e. The summed E-state index contributed by atoms with van der Waals surface area (Å²) in [6.07, 6.45) is 3.08. The Morgan fingerprint density at radius 1 is 1.70 bits per heavy atom. The van der Waals surface area contributed by atoms with Gasteiger partial charge in [0.05, 0.1) is 17.7 Å². The molecule has 0 aliphatic rings. The summed E-state index contributed by atoms with van der Waals surface area (Å²) in [6.45, 7) is 1.81. The van der Waals surface area contributed by atoms with E-state index in [1.807, 2.05) is 6.92 Å². The van der Waals surface area contributed by atoms with E-state index in [-0.39, 0.29) is 5.92 Å². The largest absolute Gasteiger partial charge is 0.245 e. The third kappa shape index (κ3) is 1.29. The maximum Gasteiger partial charge on any atom is 0.115 e. The van der Waals surface area contributed by atoms with Crippen molar-refractivity contribution >= 4 is 0 Å². The molecule has 0 saturated heterocycles. The van der Waals surface area contributed by atoms with Crippen LogP contribution in [0.3, 0.4) is 0 Å². The average molecular weight is 133 g/mol. The van der Waals surface area contributed by atoms with Crippen LogP contribution in [0.25, 0.3) is 0 Å². The summed E-state index contributed by atoms with van der Waals surface area (Å²) in [6, 6.07) is 3.83. The lowest BCUT2D eigenvalue weighted by Crippen LogP contribution is -1.92. The Hall–Kier alpha value is -1.43. The van der Waals surface area contributed by atoms with Gasteiger partial charge in [0.15, 0.2) is 0 Å². The van der Waals surface area contributed by atoms with E-state index >= 15 is 0 Å². The van der Waals surface area contributed by atoms with Gasteiger partial charge in [-0.05, 0) is 13.0 Å². The highest BCUT2D eigenvalue weighted by molar-refractivity contribution is 5.12. The van der Waals surface area contributed by atoms with E-state index in [0.717, 1.165) is 5.69 Å². The molecule has 50 valence electrons. The Bertz CT molecular complexity index is 237. The second-order valence-corrected chi connectivity index (χ2v) is 1.99. The lowest BCUT2D eigenvalue weighted by Gasteiger charge is -1.97. The summed E-state index contributed by atoms with van der Waals surface area (Å²) in [5, 5.41) is 8.48. The monoisotopic (exact) mass is 133 g/mol. The SMILES string of the molecule is CC(C#N)c1ccncn1. The molecule has 0 aromatic carbocycles. The van der Waals surface area contributed by atoms with Crippen molar-refractivity contribution in [1.82, 2.24) is 9.97 Å². The maximum atomic E-state index is 8.48. The Morgan fingerprint density at radius 3 is 3.00 bits per heavy atom. The zero-order valence-electron chi connectivity index (χ0n) is 5.65. The quantitative estimate of drug-likeness (QED) is 0.576. The number of nitriles is 1. The Balaban J connectivity index is 2.88. The highest BCUT2D eigenvalue weighted by Gasteiger charge is 2.02. The summed E-state index contributed by atoms with van der Waals surface area (Å²) in [7, 11) is 0. The van der Waals surface area contributed by atoms with Crippen molar-refractivity contribution in [3.8, 4) is 6.07 Å². The van der Waals surface area contributed by atoms with Gasteiger partial charge in [-0.2, -0.15) is 5.26 Å². The first-order valence-corrected chi connectivity index (χ1v) is 3.00. The van der Waals surface area contributed by atoms with Crippen LogP contribution in [0.2, 0.25) is 0 Å². The molecule has 1 heterocycles. The summed E-state index contributed by atoms with van der Waals surface area (Å²) >= 11 is 0. The van der Waals surface area contributed by atoms with Crippen molar-refractivity contribution in [2.24, 2.45) is 0 Å². The molecule has 0 fully saturated rings. The van der Waals surface area contributed by atoms with E-state index < -0.39 is 0 Å². The van der Waals surface area contributed by atoms with E-state index in [1.54, 1.807) is 12.3 Å². The number of hydrogen-bond donors (Lipinski definition) is 0. The van der Waals surface area contributed by atoms with E-state index in [1.165, 1.54) is 6.33 Å². The Morgan fingerprint density at radius 2 is 2.50 bits per heavy atom. The first kappa shape index (κ1) is 6.69. The lowest BCUT2D eigenvalue weighted by atomic mass is 10.1. The van der Waals surface area contributed by atoms with Gasteiger partial charge in [0, 0.05) is 6.20 Å². The van der Waals surface area contributed by atoms with Crippen LogP contribution in [-0.4, -0.2) is 9.97 Å². The van der Waals surface area contributed by atoms with Crippen LogP contribution in [0, 0.1) is 11.3 Å². The van der Waals surface area contributed by atoms with Crippen molar-refractivity contribution < 1.29 is 0 Å². The molecule has 0 aliphatic heterocycles. The van der Waals surface area contributed by atoms with E-state index in [9.17, 15) is 0 Å². The Labute approximate surface area is 59.4 Å². The molecular weight excluding hydrogens is 126 g/mol. The van der Waals surface area contributed by atoms with Gasteiger partial charge in [-0.3, -0.25) is 0 Å². The minimum atomic E-state index is -0.136. The first-order chi connectivity index (χ1) is 4.84. The molecule has 1 aromatic heterocycles. The molecule has 10 heavy (non-hydrogen) atoms. The summed E-state index contributed by atoms with van der Waals surface area (Å²) in [5.41, 5.74) is 0.775. The van der Waals surface area contributed by atoms with Gasteiger partial charge in [0.2, 0.25) is 0 Å². The number of hydrogen-bond acceptors (Lipinski definition) is 3. The number of aromatic nitrogens is 2. The predicted octanol–water partition coefficient (Wildman–Crippen LogP) is 1.10. The standard InChI is InChI=1S/C7H7N3/c1-6(4-8)7-2-3-9-5-10-7/h2-3,5-6H,1H3. The normalized spacial score (nSPS) is 12.0. The highest BCUT2D eigenvalue weighted by atomic mass is 14.8. The van der Waals surface area contributed by atoms with Gasteiger partial charge >= 0.3 is 0 Å². The van der Waals surface area contributed by atoms with Gasteiger partial charge < -0.3 is 0 Å². The topological polar surface area (TPSA) is 49.6 Å². The fraction of sp³-hybridized carbons (Fsp3) is 0.286. The molecule has 0 aliphatic carbocycles. The molecule has 1 unspecified atom stereocenters. The minimum absolute atomic E-state index is 0.136. The zero-order valence-corrected chi connectivity index (χ0v) is 5.65. The second-order valence-electron chi connectivity index (χ2n) is 1.99. The molecule has 1 atom stereocenters. The average Bonchev–Trinajstić information content (AvgIpc) is 2.05. The molecule has 0 spiro atoms. The van der Waals surface area contributed by atoms with Crippen molar-refractivity contribution in [3.63, 3.8) is 0 Å². The molecular formula is C7H7N3. The fourth-order valence-corrected chi connectivity index (χ4v) is 0.623. The summed E-state index contributed by atoms with van der Waals surface area (Å²) in [5.74, 6) is -0.136. The van der Waals surface area contributed by atoms with Gasteiger partial charge in [-0.1, -0.05) is 0 Å². The van der Waals surface area contributed by atoms with Gasteiger partial charge in [0.1, 0.15) is 6.33 Å². The van der Waals surface area contributed by atoms with E-state index in [4.69, 9.17) is 5.26 Å². The zero-order chi connectivity index (χ0) is 7.40. The fourth-order valence-electron chi connectivity index (χ4n) is 0.623. The summed E-state index contributed by atoms with van der Waals surface area (Å²) in [4.78, 5) is 7.66. The predicted molar refractivity (Wildman–Crippen MR) is 36.1 cm³/mol. The van der Waals surface area contributed by atoms with Crippen LogP contribution in [0.5, 0.6) is 0 Å². The lowest BCUT2D eigenvalue weighted by molar-refractivity contribution is 0.903. The van der Waals surface area contributed by atoms with Crippen LogP contribution >= 0.6 is 0 Å². The highest BCUT2D eigenvalue weighted by Crippen LogP contribution is 2.07. The third-order valence-corrected chi connectivity index (χ3v) is 1.24. The molecule has 1 rings (SSSR count). The molecule has 3 heteroatoms. The van der Waals surface area contributed by atoms with Crippen LogP contribution in [-0.2, 0) is 0 Å². The van der Waals surface area contributed by atoms with Crippen LogP contribution in [0.15, 0.2) is 18.6 Å². The molecule has 3 nitrogen and oxygen atoms in total. The molecule has 0 N–H and O–H groups in total. The van der Waals surface area contributed by atoms with E-state index in [2.05, 4.69) is 16.0 Å². The van der Waals surface area contributed by atoms with Gasteiger partial charge in [-0.15, -0.1) is 0 Å². The molecule has 0 amide bonds. The van der Waals surface area contributed by atoms with Crippen LogP contribution in [0.1, 0.15) is 18.5 Å². The molecule has 0 bridgehead atoms. The summed E-state index contributed by atoms with van der Waals surface area (Å²) < 4.78 is 0. The molecule has 1 aromatic rings. The maximum absolute atomic E-state index is 8.48. The van der Waals surface area contributed by atoms with Crippen molar-refractivity contribution in [3.05, 3.63) is 24.3 Å². The van der Waals surface area contributed by atoms with E-state index in [0.29, 0.717) is 0 Å². The van der Waals surface area contributed by atoms with Crippen LogP contribution < -0.4 is 0 Å². The number of nitrogens with zero attached hydrogens (tertiary/aromatic N) is 3. The molecule has 0 saturated carbocycles. The molecule has 0 radical (unpaired) electrons. The minimum Gasteiger partial charge on any atom is -0.245 e. The van der Waals surface area contributed by atoms with Gasteiger partial charge in [0.25, 0.3) is 0 Å².